The third kappa shape index (κ3) is 3.91. The number of hydrogen-bond acceptors (Lipinski definition) is 4. The van der Waals surface area contributed by atoms with Crippen molar-refractivity contribution in [2.45, 2.75) is 37.9 Å². The highest BCUT2D eigenvalue weighted by Crippen LogP contribution is 2.37. The first kappa shape index (κ1) is 13.3. The molecule has 1 aliphatic heterocycles. The standard InChI is InChI=1S/C13H17N5O/c1-3-4-6-13(16-17-13)7-5-12(19)14-8-11-9-15-18(2)10-11/h1,9-10H,4-8H2,2H3,(H,14,19). The van der Waals surface area contributed by atoms with Crippen molar-refractivity contribution in [3.63, 3.8) is 0 Å². The molecule has 1 N–H and O–H groups in total. The summed E-state index contributed by atoms with van der Waals surface area (Å²) < 4.78 is 1.71. The lowest BCUT2D eigenvalue weighted by Crippen LogP contribution is -2.24. The number of nitrogens with one attached hydrogen (secondary N) is 1. The number of aryl methyl sites for hydroxylation is 1. The Labute approximate surface area is 112 Å². The highest BCUT2D eigenvalue weighted by atomic mass is 16.1. The molecule has 2 rings (SSSR count). The number of amides is 1. The average Bonchev–Trinajstić information content (AvgIpc) is 3.06. The van der Waals surface area contributed by atoms with Crippen LogP contribution in [0.5, 0.6) is 0 Å². The third-order valence-corrected chi connectivity index (χ3v) is 3.05. The predicted octanol–water partition coefficient (Wildman–Crippen LogP) is 1.39. The van der Waals surface area contributed by atoms with Crippen LogP contribution in [-0.4, -0.2) is 21.4 Å². The van der Waals surface area contributed by atoms with Gasteiger partial charge >= 0.3 is 0 Å². The molecule has 1 amide bonds. The molecule has 19 heavy (non-hydrogen) atoms. The quantitative estimate of drug-likeness (QED) is 0.752. The van der Waals surface area contributed by atoms with E-state index < -0.39 is 0 Å². The minimum atomic E-state index is -0.377. The van der Waals surface area contributed by atoms with Gasteiger partial charge in [0.1, 0.15) is 0 Å². The van der Waals surface area contributed by atoms with Gasteiger partial charge in [0.05, 0.1) is 6.20 Å². The SMILES string of the molecule is C#CCCC1(CCC(=O)NCc2cnn(C)c2)N=N1. The number of nitrogens with zero attached hydrogens (tertiary/aromatic N) is 4. The van der Waals surface area contributed by atoms with Crippen LogP contribution in [0, 0.1) is 12.3 Å². The Morgan fingerprint density at radius 2 is 2.32 bits per heavy atom. The Hall–Kier alpha value is -2.16. The van der Waals surface area contributed by atoms with E-state index in [1.807, 2.05) is 13.2 Å². The summed E-state index contributed by atoms with van der Waals surface area (Å²) in [5, 5.41) is 14.9. The van der Waals surface area contributed by atoms with Crippen LogP contribution in [0.3, 0.4) is 0 Å². The predicted molar refractivity (Wildman–Crippen MR) is 69.9 cm³/mol. The average molecular weight is 259 g/mol. The lowest BCUT2D eigenvalue weighted by atomic mass is 10.0. The van der Waals surface area contributed by atoms with Crippen LogP contribution < -0.4 is 5.32 Å². The molecule has 0 aliphatic carbocycles. The summed E-state index contributed by atoms with van der Waals surface area (Å²) >= 11 is 0. The minimum Gasteiger partial charge on any atom is -0.352 e. The molecule has 0 bridgehead atoms. The lowest BCUT2D eigenvalue weighted by Gasteiger charge is -2.08. The van der Waals surface area contributed by atoms with Crippen molar-refractivity contribution < 1.29 is 4.79 Å². The minimum absolute atomic E-state index is 0.00114. The Morgan fingerprint density at radius 3 is 2.89 bits per heavy atom. The van der Waals surface area contributed by atoms with Gasteiger partial charge in [-0.2, -0.15) is 15.3 Å². The maximum atomic E-state index is 11.7. The van der Waals surface area contributed by atoms with Crippen LogP contribution in [0.2, 0.25) is 0 Å². The van der Waals surface area contributed by atoms with E-state index in [4.69, 9.17) is 6.42 Å². The smallest absolute Gasteiger partial charge is 0.220 e. The molecule has 0 saturated heterocycles. The number of rotatable bonds is 7. The van der Waals surface area contributed by atoms with Crippen LogP contribution in [0.25, 0.3) is 0 Å². The highest BCUT2D eigenvalue weighted by molar-refractivity contribution is 5.75. The van der Waals surface area contributed by atoms with Gasteiger partial charge < -0.3 is 5.32 Å². The summed E-state index contributed by atoms with van der Waals surface area (Å²) in [6.45, 7) is 0.498. The fourth-order valence-electron chi connectivity index (χ4n) is 1.83. The topological polar surface area (TPSA) is 71.6 Å². The van der Waals surface area contributed by atoms with Crippen molar-refractivity contribution in [3.8, 4) is 12.3 Å². The van der Waals surface area contributed by atoms with Gasteiger partial charge in [-0.25, -0.2) is 0 Å². The van der Waals surface area contributed by atoms with Gasteiger partial charge in [0.25, 0.3) is 0 Å². The fourth-order valence-corrected chi connectivity index (χ4v) is 1.83. The van der Waals surface area contributed by atoms with Gasteiger partial charge in [-0.15, -0.1) is 12.3 Å². The lowest BCUT2D eigenvalue weighted by molar-refractivity contribution is -0.121. The van der Waals surface area contributed by atoms with Crippen LogP contribution in [-0.2, 0) is 18.4 Å². The molecule has 0 atom stereocenters. The van der Waals surface area contributed by atoms with Crippen molar-refractivity contribution in [1.82, 2.24) is 15.1 Å². The molecule has 6 nitrogen and oxygen atoms in total. The van der Waals surface area contributed by atoms with Crippen molar-refractivity contribution in [2.24, 2.45) is 17.3 Å². The van der Waals surface area contributed by atoms with Gasteiger partial charge in [-0.3, -0.25) is 9.48 Å². The summed E-state index contributed by atoms with van der Waals surface area (Å²) in [5.74, 6) is 2.57. The van der Waals surface area contributed by atoms with Gasteiger partial charge in [0.15, 0.2) is 5.66 Å². The van der Waals surface area contributed by atoms with Crippen molar-refractivity contribution >= 4 is 5.91 Å². The highest BCUT2D eigenvalue weighted by Gasteiger charge is 2.39. The number of carbonyl (C=O) groups is 1. The Balaban J connectivity index is 1.66. The monoisotopic (exact) mass is 259 g/mol. The Bertz CT molecular complexity index is 519. The number of carbonyl (C=O) groups excluding carboxylic acids is 1. The first-order valence-corrected chi connectivity index (χ1v) is 6.25. The van der Waals surface area contributed by atoms with Crippen molar-refractivity contribution in [3.05, 3.63) is 18.0 Å². The molecule has 0 aromatic carbocycles. The fraction of sp³-hybridized carbons (Fsp3) is 0.538. The van der Waals surface area contributed by atoms with E-state index in [1.54, 1.807) is 10.9 Å². The van der Waals surface area contributed by atoms with E-state index >= 15 is 0 Å². The maximum Gasteiger partial charge on any atom is 0.220 e. The van der Waals surface area contributed by atoms with Crippen LogP contribution >= 0.6 is 0 Å². The molecule has 0 saturated carbocycles. The Kier molecular flexibility index (Phi) is 3.95. The molecule has 0 spiro atoms. The van der Waals surface area contributed by atoms with Crippen molar-refractivity contribution in [2.75, 3.05) is 0 Å². The van der Waals surface area contributed by atoms with E-state index in [0.717, 1.165) is 12.0 Å². The van der Waals surface area contributed by atoms with Gasteiger partial charge in [0, 0.05) is 51.0 Å². The molecule has 2 heterocycles. The number of terminal acetylenes is 1. The third-order valence-electron chi connectivity index (χ3n) is 3.05. The zero-order valence-corrected chi connectivity index (χ0v) is 11.0. The summed E-state index contributed by atoms with van der Waals surface area (Å²) in [4.78, 5) is 11.7. The molecule has 1 aromatic heterocycles. The van der Waals surface area contributed by atoms with Crippen LogP contribution in [0.15, 0.2) is 22.6 Å². The first-order chi connectivity index (χ1) is 9.13. The van der Waals surface area contributed by atoms with Gasteiger partial charge in [-0.05, 0) is 0 Å². The molecule has 1 aromatic rings. The van der Waals surface area contributed by atoms with Crippen LogP contribution in [0.1, 0.15) is 31.2 Å². The van der Waals surface area contributed by atoms with Gasteiger partial charge in [0.2, 0.25) is 5.91 Å². The van der Waals surface area contributed by atoms with Crippen molar-refractivity contribution in [1.29, 1.82) is 0 Å². The summed E-state index contributed by atoms with van der Waals surface area (Å²) in [7, 11) is 1.84. The molecule has 0 fully saturated rings. The molecule has 1 aliphatic rings. The second kappa shape index (κ2) is 5.65. The maximum absolute atomic E-state index is 11.7. The summed E-state index contributed by atoms with van der Waals surface area (Å²) in [6.07, 6.45) is 11.3. The molecule has 0 radical (unpaired) electrons. The normalized spacial score (nSPS) is 14.9. The first-order valence-electron chi connectivity index (χ1n) is 6.25. The Morgan fingerprint density at radius 1 is 1.53 bits per heavy atom. The molecule has 0 unspecified atom stereocenters. The molecular weight excluding hydrogens is 242 g/mol. The van der Waals surface area contributed by atoms with Gasteiger partial charge in [-0.1, -0.05) is 0 Å². The molecule has 6 heteroatoms. The number of hydrogen-bond donors (Lipinski definition) is 1. The van der Waals surface area contributed by atoms with E-state index in [1.165, 1.54) is 0 Å². The largest absolute Gasteiger partial charge is 0.352 e. The van der Waals surface area contributed by atoms with Crippen LogP contribution in [0.4, 0.5) is 0 Å². The number of aromatic nitrogens is 2. The van der Waals surface area contributed by atoms with E-state index in [0.29, 0.717) is 25.8 Å². The zero-order chi connectivity index (χ0) is 13.7. The molecular formula is C13H17N5O. The summed E-state index contributed by atoms with van der Waals surface area (Å²) in [5.41, 5.74) is 0.608. The zero-order valence-electron chi connectivity index (χ0n) is 11.0. The molecule has 100 valence electrons. The van der Waals surface area contributed by atoms with E-state index in [9.17, 15) is 4.79 Å². The summed E-state index contributed by atoms with van der Waals surface area (Å²) in [6, 6.07) is 0. The second-order valence-corrected chi connectivity index (χ2v) is 4.69. The second-order valence-electron chi connectivity index (χ2n) is 4.69. The van der Waals surface area contributed by atoms with E-state index in [2.05, 4.69) is 26.6 Å². The van der Waals surface area contributed by atoms with E-state index in [-0.39, 0.29) is 11.6 Å².